The maximum Gasteiger partial charge on any atom is 0.326 e. The standard InChI is InChI=1S/C26H45IN4O5/c1-3-17(2)22(30-23(32)19(27)16-18-10-5-4-6-11-18)25(34)31-15-9-13-21(31)24(33)29-20(26(35)36)12-7-8-14-28/h17-22H,3-16,28H2,1-2H3,(H,29,33)(H,30,32)(H,35,36)/t17?,19-,20?,21-,22?/m0/s1. The third kappa shape index (κ3) is 9.15. The summed E-state index contributed by atoms with van der Waals surface area (Å²) in [4.78, 5) is 52.9. The van der Waals surface area contributed by atoms with E-state index in [1.165, 1.54) is 24.2 Å². The molecule has 1 saturated carbocycles. The van der Waals surface area contributed by atoms with Gasteiger partial charge in [0.2, 0.25) is 17.7 Å². The summed E-state index contributed by atoms with van der Waals surface area (Å²) in [5.41, 5.74) is 5.50. The number of nitrogens with two attached hydrogens (primary N) is 1. The number of carboxylic acids is 1. The summed E-state index contributed by atoms with van der Waals surface area (Å²) in [7, 11) is 0. The van der Waals surface area contributed by atoms with E-state index in [-0.39, 0.29) is 21.7 Å². The molecular formula is C26H45IN4O5. The molecule has 0 radical (unpaired) electrons. The van der Waals surface area contributed by atoms with Gasteiger partial charge in [0.05, 0.1) is 3.92 Å². The Kier molecular flexibility index (Phi) is 13.5. The molecule has 36 heavy (non-hydrogen) atoms. The number of amides is 3. The molecule has 0 aromatic rings. The van der Waals surface area contributed by atoms with E-state index in [0.717, 1.165) is 19.3 Å². The van der Waals surface area contributed by atoms with Crippen LogP contribution >= 0.6 is 22.6 Å². The van der Waals surface area contributed by atoms with Crippen molar-refractivity contribution in [2.24, 2.45) is 17.6 Å². The van der Waals surface area contributed by atoms with Crippen LogP contribution in [0.5, 0.6) is 0 Å². The van der Waals surface area contributed by atoms with E-state index in [1.807, 2.05) is 13.8 Å². The molecule has 1 saturated heterocycles. The lowest BCUT2D eigenvalue weighted by Crippen LogP contribution is -2.57. The molecule has 5 atom stereocenters. The molecule has 9 nitrogen and oxygen atoms in total. The highest BCUT2D eigenvalue weighted by Crippen LogP contribution is 2.30. The number of carbonyl (C=O) groups is 4. The molecule has 10 heteroatoms. The molecule has 1 aliphatic heterocycles. The number of nitrogens with zero attached hydrogens (tertiary/aromatic N) is 1. The molecule has 1 heterocycles. The summed E-state index contributed by atoms with van der Waals surface area (Å²) in [5, 5.41) is 15.2. The average molecular weight is 621 g/mol. The summed E-state index contributed by atoms with van der Waals surface area (Å²) in [6, 6.07) is -2.44. The van der Waals surface area contributed by atoms with Crippen molar-refractivity contribution in [1.82, 2.24) is 15.5 Å². The predicted molar refractivity (Wildman–Crippen MR) is 148 cm³/mol. The lowest BCUT2D eigenvalue weighted by molar-refractivity contribution is -0.145. The van der Waals surface area contributed by atoms with Crippen molar-refractivity contribution in [3.05, 3.63) is 0 Å². The van der Waals surface area contributed by atoms with Gasteiger partial charge in [0.1, 0.15) is 18.1 Å². The van der Waals surface area contributed by atoms with Gasteiger partial charge in [0.25, 0.3) is 0 Å². The van der Waals surface area contributed by atoms with E-state index in [2.05, 4.69) is 33.2 Å². The zero-order valence-electron chi connectivity index (χ0n) is 21.8. The Morgan fingerprint density at radius 1 is 1.06 bits per heavy atom. The molecule has 5 N–H and O–H groups in total. The maximum absolute atomic E-state index is 13.6. The SMILES string of the molecule is CCC(C)C(NC(=O)[C@@H](I)CC1CCCCC1)C(=O)N1CCC[C@H]1C(=O)NC(CCCCN)C(=O)O. The van der Waals surface area contributed by atoms with Crippen LogP contribution in [0.25, 0.3) is 0 Å². The Hall–Kier alpha value is -1.43. The van der Waals surface area contributed by atoms with Crippen LogP contribution in [0.4, 0.5) is 0 Å². The average Bonchev–Trinajstić information content (AvgIpc) is 3.36. The fraction of sp³-hybridized carbons (Fsp3) is 0.846. The van der Waals surface area contributed by atoms with Crippen LogP contribution in [0.1, 0.15) is 90.9 Å². The highest BCUT2D eigenvalue weighted by molar-refractivity contribution is 14.1. The van der Waals surface area contributed by atoms with Crippen molar-refractivity contribution in [3.8, 4) is 0 Å². The molecule has 0 aromatic heterocycles. The van der Waals surface area contributed by atoms with Gasteiger partial charge in [-0.2, -0.15) is 0 Å². The van der Waals surface area contributed by atoms with E-state index >= 15 is 0 Å². The summed E-state index contributed by atoms with van der Waals surface area (Å²) < 4.78 is -0.201. The zero-order valence-corrected chi connectivity index (χ0v) is 24.0. The van der Waals surface area contributed by atoms with Gasteiger partial charge in [-0.1, -0.05) is 75.0 Å². The number of aliphatic carboxylic acids is 1. The van der Waals surface area contributed by atoms with Crippen molar-refractivity contribution in [2.75, 3.05) is 13.1 Å². The monoisotopic (exact) mass is 620 g/mol. The van der Waals surface area contributed by atoms with Crippen LogP contribution < -0.4 is 16.4 Å². The number of alkyl halides is 1. The summed E-state index contributed by atoms with van der Waals surface area (Å²) in [6.07, 6.45) is 10.3. The number of likely N-dealkylation sites (tertiary alicyclic amines) is 1. The molecule has 0 spiro atoms. The van der Waals surface area contributed by atoms with Gasteiger partial charge in [-0.15, -0.1) is 0 Å². The van der Waals surface area contributed by atoms with Crippen molar-refractivity contribution < 1.29 is 24.3 Å². The number of unbranched alkanes of at least 4 members (excludes halogenated alkanes) is 1. The third-order valence-electron chi connectivity index (χ3n) is 7.73. The zero-order chi connectivity index (χ0) is 26.7. The third-order valence-corrected chi connectivity index (χ3v) is 8.80. The Labute approximate surface area is 229 Å². The second-order valence-electron chi connectivity index (χ2n) is 10.5. The number of hydrogen-bond donors (Lipinski definition) is 4. The smallest absolute Gasteiger partial charge is 0.326 e. The molecule has 0 bridgehead atoms. The molecular weight excluding hydrogens is 575 g/mol. The normalized spacial score (nSPS) is 21.9. The first-order chi connectivity index (χ1) is 17.2. The number of nitrogens with one attached hydrogen (secondary N) is 2. The highest BCUT2D eigenvalue weighted by atomic mass is 127. The number of carbonyl (C=O) groups excluding carboxylic acids is 3. The molecule has 3 unspecified atom stereocenters. The maximum atomic E-state index is 13.6. The van der Waals surface area contributed by atoms with E-state index in [4.69, 9.17) is 5.73 Å². The molecule has 2 rings (SSSR count). The molecule has 206 valence electrons. The van der Waals surface area contributed by atoms with Crippen molar-refractivity contribution in [1.29, 1.82) is 0 Å². The van der Waals surface area contributed by atoms with Crippen LogP contribution in [-0.4, -0.2) is 68.8 Å². The first kappa shape index (κ1) is 30.8. The summed E-state index contributed by atoms with van der Waals surface area (Å²) in [5.74, 6) is -1.45. The van der Waals surface area contributed by atoms with E-state index in [0.29, 0.717) is 57.5 Å². The first-order valence-corrected chi connectivity index (χ1v) is 14.9. The van der Waals surface area contributed by atoms with Crippen molar-refractivity contribution >= 4 is 46.3 Å². The van der Waals surface area contributed by atoms with Gasteiger partial charge in [-0.3, -0.25) is 14.4 Å². The van der Waals surface area contributed by atoms with Crippen LogP contribution in [0, 0.1) is 11.8 Å². The van der Waals surface area contributed by atoms with Gasteiger partial charge < -0.3 is 26.4 Å². The second kappa shape index (κ2) is 15.7. The van der Waals surface area contributed by atoms with Gasteiger partial charge in [-0.05, 0) is 56.9 Å². The lowest BCUT2D eigenvalue weighted by atomic mass is 9.86. The predicted octanol–water partition coefficient (Wildman–Crippen LogP) is 2.98. The molecule has 3 amide bonds. The minimum Gasteiger partial charge on any atom is -0.480 e. The minimum atomic E-state index is -1.09. The van der Waals surface area contributed by atoms with Crippen LogP contribution in [0.2, 0.25) is 0 Å². The van der Waals surface area contributed by atoms with Gasteiger partial charge in [-0.25, -0.2) is 4.79 Å². The lowest BCUT2D eigenvalue weighted by Gasteiger charge is -2.32. The fourth-order valence-electron chi connectivity index (χ4n) is 5.25. The van der Waals surface area contributed by atoms with Gasteiger partial charge in [0, 0.05) is 6.54 Å². The Morgan fingerprint density at radius 2 is 1.75 bits per heavy atom. The summed E-state index contributed by atoms with van der Waals surface area (Å²) >= 11 is 2.19. The molecule has 0 aromatic carbocycles. The van der Waals surface area contributed by atoms with E-state index in [9.17, 15) is 24.3 Å². The fourth-order valence-corrected chi connectivity index (χ4v) is 6.15. The number of hydrogen-bond acceptors (Lipinski definition) is 5. The van der Waals surface area contributed by atoms with Gasteiger partial charge >= 0.3 is 5.97 Å². The van der Waals surface area contributed by atoms with Crippen LogP contribution in [0.3, 0.4) is 0 Å². The van der Waals surface area contributed by atoms with Crippen molar-refractivity contribution in [2.45, 2.75) is 113 Å². The quantitative estimate of drug-likeness (QED) is 0.134. The van der Waals surface area contributed by atoms with Crippen molar-refractivity contribution in [3.63, 3.8) is 0 Å². The Balaban J connectivity index is 2.04. The van der Waals surface area contributed by atoms with E-state index in [1.54, 1.807) is 0 Å². The van der Waals surface area contributed by atoms with Gasteiger partial charge in [0.15, 0.2) is 0 Å². The van der Waals surface area contributed by atoms with Crippen LogP contribution in [-0.2, 0) is 19.2 Å². The Bertz CT molecular complexity index is 746. The van der Waals surface area contributed by atoms with E-state index < -0.39 is 30.0 Å². The van der Waals surface area contributed by atoms with Crippen LogP contribution in [0.15, 0.2) is 0 Å². The number of carboxylic acid groups (broad SMARTS) is 1. The topological polar surface area (TPSA) is 142 Å². The molecule has 1 aliphatic carbocycles. The minimum absolute atomic E-state index is 0.0907. The largest absolute Gasteiger partial charge is 0.480 e. The number of halogens is 1. The highest BCUT2D eigenvalue weighted by Gasteiger charge is 2.40. The second-order valence-corrected chi connectivity index (χ2v) is 12.0. The molecule has 2 aliphatic rings. The first-order valence-electron chi connectivity index (χ1n) is 13.7. The summed E-state index contributed by atoms with van der Waals surface area (Å²) in [6.45, 7) is 4.80. The molecule has 2 fully saturated rings. The number of rotatable bonds is 14. The Morgan fingerprint density at radius 3 is 2.36 bits per heavy atom.